The van der Waals surface area contributed by atoms with E-state index in [0.29, 0.717) is 37.7 Å². The smallest absolute Gasteiger partial charge is 0.407 e. The summed E-state index contributed by atoms with van der Waals surface area (Å²) in [6.07, 6.45) is 5.48. The van der Waals surface area contributed by atoms with Crippen LogP contribution in [0.1, 0.15) is 63.3 Å². The molecule has 3 aromatic carbocycles. The third-order valence-electron chi connectivity index (χ3n) is 13.4. The number of methoxy groups -OCH3 is 2. The molecule has 18 heteroatoms. The number of nitrogens with zero attached hydrogens (tertiary/aromatic N) is 5. The summed E-state index contributed by atoms with van der Waals surface area (Å²) in [7, 11) is -0.949. The minimum Gasteiger partial charge on any atom is -0.453 e. The Morgan fingerprint density at radius 1 is 0.836 bits per heavy atom. The van der Waals surface area contributed by atoms with Crippen molar-refractivity contribution in [1.82, 2.24) is 40.4 Å². The van der Waals surface area contributed by atoms with Crippen LogP contribution in [-0.4, -0.2) is 127 Å². The molecule has 0 radical (unpaired) electrons. The molecule has 17 nitrogen and oxygen atoms in total. The molecule has 4 amide bonds. The van der Waals surface area contributed by atoms with Gasteiger partial charge in [0.2, 0.25) is 11.8 Å². The molecule has 2 saturated heterocycles. The quantitative estimate of drug-likeness (QED) is 0.0648. The van der Waals surface area contributed by atoms with Crippen molar-refractivity contribution in [2.45, 2.75) is 63.7 Å². The Bertz CT molecular complexity index is 2830. The van der Waals surface area contributed by atoms with Crippen LogP contribution >= 0.6 is 0 Å². The highest BCUT2D eigenvalue weighted by Gasteiger charge is 2.58. The average molecular weight is 932 g/mol. The van der Waals surface area contributed by atoms with E-state index in [0.717, 1.165) is 69.1 Å². The molecule has 1 saturated carbocycles. The number of hydrogen-bond acceptors (Lipinski definition) is 11. The van der Waals surface area contributed by atoms with Crippen LogP contribution in [0.4, 0.5) is 9.59 Å². The number of fused-ring (bicyclic) bond motifs is 1. The van der Waals surface area contributed by atoms with Gasteiger partial charge in [0.25, 0.3) is 0 Å². The number of hydrogen-bond donors (Lipinski definition) is 4. The van der Waals surface area contributed by atoms with Gasteiger partial charge < -0.3 is 44.9 Å². The predicted molar refractivity (Wildman–Crippen MR) is 255 cm³/mol. The van der Waals surface area contributed by atoms with E-state index in [1.165, 1.54) is 14.2 Å². The normalized spacial score (nSPS) is 19.7. The van der Waals surface area contributed by atoms with Crippen LogP contribution in [0, 0.1) is 17.3 Å². The second kappa shape index (κ2) is 18.8. The number of aliphatic imine (C=N–C) groups is 1. The molecule has 3 aliphatic rings. The molecule has 0 unspecified atom stereocenters. The number of carbonyl (C=O) groups excluding carboxylic acids is 4. The lowest BCUT2D eigenvalue weighted by molar-refractivity contribution is -0.135. The van der Waals surface area contributed by atoms with Gasteiger partial charge in [-0.15, -0.1) is 0 Å². The third-order valence-corrected chi connectivity index (χ3v) is 14.4. The fourth-order valence-electron chi connectivity index (χ4n) is 9.46. The van der Waals surface area contributed by atoms with Crippen molar-refractivity contribution in [3.8, 4) is 33.6 Å². The number of likely N-dealkylation sites (tertiary alicyclic amines) is 2. The minimum absolute atomic E-state index is 0.00919. The van der Waals surface area contributed by atoms with E-state index in [4.69, 9.17) is 14.5 Å². The molecule has 2 aliphatic heterocycles. The molecule has 1 aliphatic carbocycles. The first-order chi connectivity index (χ1) is 32.0. The Labute approximate surface area is 389 Å². The summed E-state index contributed by atoms with van der Waals surface area (Å²) in [6.45, 7) is 13.2. The van der Waals surface area contributed by atoms with E-state index in [1.54, 1.807) is 17.3 Å². The molecule has 4 N–H and O–H groups in total. The second-order valence-corrected chi connectivity index (χ2v) is 20.6. The number of carbonyl (C=O) groups is 4. The van der Waals surface area contributed by atoms with Gasteiger partial charge in [-0.3, -0.25) is 9.59 Å². The highest BCUT2D eigenvalue weighted by atomic mass is 32.2. The summed E-state index contributed by atoms with van der Waals surface area (Å²) in [5.41, 5.74) is 6.29. The van der Waals surface area contributed by atoms with Crippen molar-refractivity contribution in [2.24, 2.45) is 22.2 Å². The first-order valence-corrected chi connectivity index (χ1v) is 24.4. The lowest BCUT2D eigenvalue weighted by Gasteiger charge is -2.30. The lowest BCUT2D eigenvalue weighted by Crippen LogP contribution is -2.51. The topological polar surface area (TPSA) is 221 Å². The summed E-state index contributed by atoms with van der Waals surface area (Å²) in [6, 6.07) is 17.9. The standard InChI is InChI=1S/C49H57N9O8S/c1-28(2)41(56-48(62)66-6)46(60)58-27-49(17-18-49)29(3)42(58)44-52-25-39(54-44)36-15-14-34-21-33(12-13-35(34)22-36)31-8-10-32(11-9-31)38-24-51-43(53-38)40-20-30(23-50-4)26-57(40)45(59)37(55-47(61)65-5)16-19-67(7,63)64/h8-15,21-22,24-25,28,30,37,40-42H,3-4,16-20,23,26-27H2,1-2,5-7H3,(H,51,53)(H,52,54)(H,55,61)(H,56,62)/t30-,37+,40+,41+,42+/m1/s1. The average Bonchev–Trinajstić information content (AvgIpc) is 3.70. The van der Waals surface area contributed by atoms with E-state index in [9.17, 15) is 27.6 Å². The number of ether oxygens (including phenoxy) is 2. The minimum atomic E-state index is -3.41. The van der Waals surface area contributed by atoms with Gasteiger partial charge in [-0.05, 0) is 89.4 Å². The van der Waals surface area contributed by atoms with E-state index < -0.39 is 52.1 Å². The number of sulfone groups is 1. The maximum Gasteiger partial charge on any atom is 0.407 e. The summed E-state index contributed by atoms with van der Waals surface area (Å²) >= 11 is 0. The molecule has 67 heavy (non-hydrogen) atoms. The molecule has 5 atom stereocenters. The monoisotopic (exact) mass is 931 g/mol. The van der Waals surface area contributed by atoms with Gasteiger partial charge in [0, 0.05) is 36.9 Å². The number of benzene rings is 3. The van der Waals surface area contributed by atoms with Gasteiger partial charge in [-0.2, -0.15) is 0 Å². The Kier molecular flexibility index (Phi) is 13.1. The molecule has 2 aromatic heterocycles. The fourth-order valence-corrected chi connectivity index (χ4v) is 10.1. The third kappa shape index (κ3) is 9.85. The van der Waals surface area contributed by atoms with Crippen LogP contribution in [0.25, 0.3) is 44.4 Å². The summed E-state index contributed by atoms with van der Waals surface area (Å²) in [5.74, 6) is 0.123. The summed E-state index contributed by atoms with van der Waals surface area (Å²) < 4.78 is 33.6. The highest BCUT2D eigenvalue weighted by Crippen LogP contribution is 2.61. The van der Waals surface area contributed by atoms with Gasteiger partial charge in [0.1, 0.15) is 39.6 Å². The maximum absolute atomic E-state index is 14.0. The number of H-pyrrole nitrogens is 2. The molecule has 8 rings (SSSR count). The fraction of sp³-hybridized carbons (Fsp3) is 0.408. The van der Waals surface area contributed by atoms with Crippen LogP contribution in [-0.2, 0) is 28.9 Å². The molecule has 3 fully saturated rings. The molecule has 1 spiro atoms. The molecular formula is C49H57N9O8S. The van der Waals surface area contributed by atoms with Crippen LogP contribution < -0.4 is 10.6 Å². The highest BCUT2D eigenvalue weighted by molar-refractivity contribution is 7.90. The SMILES string of the molecule is C=NC[C@H]1C[C@@H](c2ncc(-c3ccc(-c4ccc5cc(-c6cnc([C@@H]7C(=C)C8(CC8)CN7C(=O)[C@@H](NC(=O)OC)C(C)C)[nH]6)ccc5c4)cc3)[nH]2)N(C(=O)[C@H](CCS(C)(=O)=O)NC(=O)OC)C1. The first kappa shape index (κ1) is 46.7. The van der Waals surface area contributed by atoms with E-state index in [2.05, 4.69) is 74.2 Å². The van der Waals surface area contributed by atoms with Crippen molar-refractivity contribution >= 4 is 51.3 Å². The van der Waals surface area contributed by atoms with Crippen LogP contribution in [0.15, 0.2) is 90.2 Å². The van der Waals surface area contributed by atoms with Crippen LogP contribution in [0.5, 0.6) is 0 Å². The van der Waals surface area contributed by atoms with Crippen molar-refractivity contribution in [1.29, 1.82) is 0 Å². The Balaban J connectivity index is 0.972. The van der Waals surface area contributed by atoms with E-state index >= 15 is 0 Å². The molecule has 352 valence electrons. The zero-order chi connectivity index (χ0) is 47.8. The van der Waals surface area contributed by atoms with Gasteiger partial charge in [-0.25, -0.2) is 28.0 Å². The van der Waals surface area contributed by atoms with Crippen LogP contribution in [0.3, 0.4) is 0 Å². The lowest BCUT2D eigenvalue weighted by atomic mass is 9.96. The van der Waals surface area contributed by atoms with E-state index in [-0.39, 0.29) is 35.3 Å². The first-order valence-electron chi connectivity index (χ1n) is 22.4. The zero-order valence-electron chi connectivity index (χ0n) is 38.4. The number of imidazole rings is 2. The zero-order valence-corrected chi connectivity index (χ0v) is 39.2. The number of aromatic nitrogens is 4. The number of rotatable bonds is 15. The largest absolute Gasteiger partial charge is 0.453 e. The molecule has 4 heterocycles. The van der Waals surface area contributed by atoms with Gasteiger partial charge in [-0.1, -0.05) is 69.0 Å². The summed E-state index contributed by atoms with van der Waals surface area (Å²) in [4.78, 5) is 76.3. The number of aromatic amines is 2. The van der Waals surface area contributed by atoms with Crippen molar-refractivity contribution in [3.05, 3.63) is 96.9 Å². The maximum atomic E-state index is 14.0. The van der Waals surface area contributed by atoms with E-state index in [1.807, 2.05) is 49.1 Å². The Hall–Kier alpha value is -6.82. The van der Waals surface area contributed by atoms with Gasteiger partial charge in [0.05, 0.1) is 49.8 Å². The summed E-state index contributed by atoms with van der Waals surface area (Å²) in [5, 5.41) is 7.34. The van der Waals surface area contributed by atoms with Gasteiger partial charge >= 0.3 is 12.2 Å². The van der Waals surface area contributed by atoms with Crippen LogP contribution in [0.2, 0.25) is 0 Å². The van der Waals surface area contributed by atoms with Gasteiger partial charge in [0.15, 0.2) is 0 Å². The molecule has 5 aromatic rings. The van der Waals surface area contributed by atoms with Crippen molar-refractivity contribution in [2.75, 3.05) is 45.9 Å². The number of amides is 4. The molecule has 0 bridgehead atoms. The second-order valence-electron chi connectivity index (χ2n) is 18.4. The molecular weight excluding hydrogens is 875 g/mol. The Morgan fingerprint density at radius 3 is 2.04 bits per heavy atom. The van der Waals surface area contributed by atoms with Crippen molar-refractivity contribution in [3.63, 3.8) is 0 Å². The Morgan fingerprint density at radius 2 is 1.42 bits per heavy atom. The number of alkyl carbamates (subject to hydrolysis) is 2. The number of nitrogens with one attached hydrogen (secondary N) is 4. The predicted octanol–water partition coefficient (Wildman–Crippen LogP) is 6.64. The van der Waals surface area contributed by atoms with Crippen molar-refractivity contribution < 1.29 is 37.1 Å².